The maximum absolute atomic E-state index is 12.4. The molecule has 0 bridgehead atoms. The van der Waals surface area contributed by atoms with Crippen LogP contribution in [0.3, 0.4) is 0 Å². The van der Waals surface area contributed by atoms with Crippen LogP contribution in [0.5, 0.6) is 0 Å². The van der Waals surface area contributed by atoms with E-state index in [1.54, 1.807) is 6.08 Å². The summed E-state index contributed by atoms with van der Waals surface area (Å²) in [5.74, 6) is 1.61. The zero-order valence-electron chi connectivity index (χ0n) is 13.3. The lowest BCUT2D eigenvalue weighted by molar-refractivity contribution is -0.305. The zero-order valence-corrected chi connectivity index (χ0v) is 15.0. The Labute approximate surface area is 150 Å². The highest BCUT2D eigenvalue weighted by Crippen LogP contribution is 2.47. The molecule has 2 aliphatic rings. The number of furan rings is 1. The van der Waals surface area contributed by atoms with E-state index in [2.05, 4.69) is 6.92 Å². The molecule has 1 aliphatic carbocycles. The topological polar surface area (TPSA) is 73.6 Å². The highest BCUT2D eigenvalue weighted by Gasteiger charge is 2.37. The monoisotopic (exact) mass is 364 g/mol. The molecule has 0 radical (unpaired) electrons. The lowest BCUT2D eigenvalue weighted by Crippen LogP contribution is -2.29. The number of hydrogen-bond donors (Lipinski definition) is 0. The number of carboxylic acid groups (broad SMARTS) is 1. The molecule has 2 fully saturated rings. The molecule has 1 saturated carbocycles. The molecule has 24 heavy (non-hydrogen) atoms. The van der Waals surface area contributed by atoms with Crippen molar-refractivity contribution in [2.45, 2.75) is 38.5 Å². The van der Waals surface area contributed by atoms with Gasteiger partial charge in [0.1, 0.15) is 15.8 Å². The number of aliphatic carboxylic acids is 1. The van der Waals surface area contributed by atoms with E-state index in [-0.39, 0.29) is 12.3 Å². The second-order valence-electron chi connectivity index (χ2n) is 6.22. The summed E-state index contributed by atoms with van der Waals surface area (Å²) in [5.41, 5.74) is 0. The first kappa shape index (κ1) is 17.2. The van der Waals surface area contributed by atoms with E-state index in [0.29, 0.717) is 46.2 Å². The minimum Gasteiger partial charge on any atom is -0.550 e. The average molecular weight is 364 g/mol. The summed E-state index contributed by atoms with van der Waals surface area (Å²) < 4.78 is 6.31. The molecule has 1 aromatic heterocycles. The van der Waals surface area contributed by atoms with Gasteiger partial charge in [-0.05, 0) is 43.7 Å². The highest BCUT2D eigenvalue weighted by molar-refractivity contribution is 8.26. The Morgan fingerprint density at radius 2 is 2.25 bits per heavy atom. The van der Waals surface area contributed by atoms with Gasteiger partial charge in [-0.15, -0.1) is 0 Å². The minimum absolute atomic E-state index is 0.000602. The molecule has 0 aromatic carbocycles. The number of carboxylic acids is 1. The van der Waals surface area contributed by atoms with Crippen molar-refractivity contribution in [3.05, 3.63) is 28.6 Å². The van der Waals surface area contributed by atoms with Crippen LogP contribution in [0.25, 0.3) is 6.08 Å². The maximum Gasteiger partial charge on any atom is 0.266 e. The van der Waals surface area contributed by atoms with E-state index >= 15 is 0 Å². The predicted octanol–water partition coefficient (Wildman–Crippen LogP) is 2.52. The van der Waals surface area contributed by atoms with E-state index in [0.717, 1.165) is 12.2 Å². The van der Waals surface area contributed by atoms with E-state index < -0.39 is 5.97 Å². The third-order valence-corrected chi connectivity index (χ3v) is 5.66. The number of amides is 1. The molecule has 0 N–H and O–H groups in total. The largest absolute Gasteiger partial charge is 0.550 e. The molecule has 1 amide bonds. The Hall–Kier alpha value is -1.60. The smallest absolute Gasteiger partial charge is 0.266 e. The summed E-state index contributed by atoms with van der Waals surface area (Å²) in [4.78, 5) is 24.9. The van der Waals surface area contributed by atoms with E-state index in [1.807, 2.05) is 12.1 Å². The van der Waals surface area contributed by atoms with Gasteiger partial charge in [0.05, 0.1) is 4.91 Å². The van der Waals surface area contributed by atoms with Crippen LogP contribution in [-0.2, 0) is 9.59 Å². The molecule has 3 rings (SSSR count). The standard InChI is InChI=1S/C17H19NO4S2/c1-10-8-12(10)13-6-5-11(22-13)9-14-16(21)18(17(23)24-14)7-3-2-4-15(19)20/h5-6,9-10,12H,2-4,7-8H2,1H3,(H,19,20)/p-1/b14-9-/t10-,12+/m1/s1. The van der Waals surface area contributed by atoms with Gasteiger partial charge in [-0.25, -0.2) is 0 Å². The first-order valence-corrected chi connectivity index (χ1v) is 9.23. The number of hydrogen-bond acceptors (Lipinski definition) is 6. The third-order valence-electron chi connectivity index (χ3n) is 4.28. The Morgan fingerprint density at radius 3 is 2.92 bits per heavy atom. The molecule has 1 aromatic rings. The SMILES string of the molecule is C[C@@H]1C[C@@H]1c1ccc(/C=C2\SC(=S)N(CCCCC(=O)[O-])C2=O)o1. The molecular weight excluding hydrogens is 346 g/mol. The van der Waals surface area contributed by atoms with Crippen molar-refractivity contribution >= 4 is 46.3 Å². The molecule has 2 heterocycles. The molecule has 1 saturated heterocycles. The van der Waals surface area contributed by atoms with Gasteiger partial charge in [-0.1, -0.05) is 30.9 Å². The fraction of sp³-hybridized carbons (Fsp3) is 0.471. The fourth-order valence-corrected chi connectivity index (χ4v) is 4.01. The predicted molar refractivity (Wildman–Crippen MR) is 94.0 cm³/mol. The van der Waals surface area contributed by atoms with Crippen LogP contribution in [-0.4, -0.2) is 27.6 Å². The Balaban J connectivity index is 1.60. The molecular formula is C17H18NO4S2-. The Morgan fingerprint density at radius 1 is 1.50 bits per heavy atom. The second kappa shape index (κ2) is 7.11. The van der Waals surface area contributed by atoms with Crippen LogP contribution in [0.4, 0.5) is 0 Å². The van der Waals surface area contributed by atoms with Crippen molar-refractivity contribution in [2.24, 2.45) is 5.92 Å². The summed E-state index contributed by atoms with van der Waals surface area (Å²) in [6, 6.07) is 3.85. The van der Waals surface area contributed by atoms with Crippen LogP contribution in [0.2, 0.25) is 0 Å². The summed E-state index contributed by atoms with van der Waals surface area (Å²) >= 11 is 6.51. The van der Waals surface area contributed by atoms with E-state index in [4.69, 9.17) is 16.6 Å². The first-order chi connectivity index (χ1) is 11.5. The van der Waals surface area contributed by atoms with Gasteiger partial charge in [0.15, 0.2) is 0 Å². The quantitative estimate of drug-likeness (QED) is 0.420. The number of nitrogens with zero attached hydrogens (tertiary/aromatic N) is 1. The van der Waals surface area contributed by atoms with Gasteiger partial charge in [0.25, 0.3) is 5.91 Å². The van der Waals surface area contributed by atoms with E-state index in [9.17, 15) is 14.7 Å². The lowest BCUT2D eigenvalue weighted by atomic mass is 10.2. The van der Waals surface area contributed by atoms with Crippen molar-refractivity contribution < 1.29 is 19.1 Å². The minimum atomic E-state index is -1.07. The molecule has 5 nitrogen and oxygen atoms in total. The van der Waals surface area contributed by atoms with Crippen molar-refractivity contribution in [3.63, 3.8) is 0 Å². The number of carbonyl (C=O) groups excluding carboxylic acids is 2. The van der Waals surface area contributed by atoms with Crippen LogP contribution in [0.15, 0.2) is 21.5 Å². The van der Waals surface area contributed by atoms with Crippen molar-refractivity contribution in [2.75, 3.05) is 6.54 Å². The number of unbranched alkanes of at least 4 members (excludes halogenated alkanes) is 1. The second-order valence-corrected chi connectivity index (χ2v) is 7.90. The normalized spacial score (nSPS) is 24.9. The number of thioether (sulfide) groups is 1. The van der Waals surface area contributed by atoms with Gasteiger partial charge in [0.2, 0.25) is 0 Å². The van der Waals surface area contributed by atoms with E-state index in [1.165, 1.54) is 16.7 Å². The summed E-state index contributed by atoms with van der Waals surface area (Å²) in [6.45, 7) is 2.62. The lowest BCUT2D eigenvalue weighted by Gasteiger charge is -2.14. The molecule has 128 valence electrons. The van der Waals surface area contributed by atoms with Gasteiger partial charge < -0.3 is 14.3 Å². The molecule has 7 heteroatoms. The van der Waals surface area contributed by atoms with Crippen LogP contribution < -0.4 is 5.11 Å². The summed E-state index contributed by atoms with van der Waals surface area (Å²) in [5, 5.41) is 10.4. The Kier molecular flexibility index (Phi) is 5.10. The molecule has 2 atom stereocenters. The van der Waals surface area contributed by atoms with Gasteiger partial charge in [-0.3, -0.25) is 9.69 Å². The van der Waals surface area contributed by atoms with Crippen molar-refractivity contribution in [3.8, 4) is 0 Å². The highest BCUT2D eigenvalue weighted by atomic mass is 32.2. The van der Waals surface area contributed by atoms with Crippen molar-refractivity contribution in [1.29, 1.82) is 0 Å². The molecule has 0 unspecified atom stereocenters. The average Bonchev–Trinajstić information content (AvgIpc) is 2.97. The third kappa shape index (κ3) is 3.89. The zero-order chi connectivity index (χ0) is 17.3. The van der Waals surface area contributed by atoms with Crippen LogP contribution in [0.1, 0.15) is 50.0 Å². The summed E-state index contributed by atoms with van der Waals surface area (Å²) in [7, 11) is 0. The van der Waals surface area contributed by atoms with Gasteiger partial charge in [-0.2, -0.15) is 0 Å². The molecule has 1 aliphatic heterocycles. The summed E-state index contributed by atoms with van der Waals surface area (Å²) in [6.07, 6.45) is 3.94. The van der Waals surface area contributed by atoms with Crippen LogP contribution >= 0.6 is 24.0 Å². The Bertz CT molecular complexity index is 709. The van der Waals surface area contributed by atoms with Crippen molar-refractivity contribution in [1.82, 2.24) is 4.90 Å². The van der Waals surface area contributed by atoms with Gasteiger partial charge >= 0.3 is 0 Å². The number of carbonyl (C=O) groups is 2. The first-order valence-electron chi connectivity index (χ1n) is 8.00. The fourth-order valence-electron chi connectivity index (χ4n) is 2.73. The number of rotatable bonds is 7. The van der Waals surface area contributed by atoms with Crippen LogP contribution in [0, 0.1) is 5.92 Å². The maximum atomic E-state index is 12.4. The molecule has 0 spiro atoms. The van der Waals surface area contributed by atoms with Gasteiger partial charge in [0, 0.05) is 24.5 Å². The number of thiocarbonyl (C=S) groups is 1.